The van der Waals surface area contributed by atoms with Crippen LogP contribution in [0.2, 0.25) is 5.28 Å². The van der Waals surface area contributed by atoms with Crippen LogP contribution in [-0.2, 0) is 0 Å². The monoisotopic (exact) mass is 382 g/mol. The summed E-state index contributed by atoms with van der Waals surface area (Å²) >= 11 is 7.89. The van der Waals surface area contributed by atoms with E-state index in [-0.39, 0.29) is 11.3 Å². The molecule has 6 heteroatoms. The number of halogens is 1. The van der Waals surface area contributed by atoms with Gasteiger partial charge in [-0.2, -0.15) is 4.98 Å². The maximum absolute atomic E-state index is 6.27. The first-order chi connectivity index (χ1) is 12.6. The van der Waals surface area contributed by atoms with E-state index in [0.29, 0.717) is 0 Å². The van der Waals surface area contributed by atoms with E-state index in [4.69, 9.17) is 17.3 Å². The minimum Gasteiger partial charge on any atom is -0.365 e. The van der Waals surface area contributed by atoms with Gasteiger partial charge in [-0.05, 0) is 36.1 Å². The van der Waals surface area contributed by atoms with Crippen molar-refractivity contribution in [2.45, 2.75) is 19.4 Å². The van der Waals surface area contributed by atoms with Crippen LogP contribution in [0.15, 0.2) is 54.1 Å². The molecule has 4 nitrogen and oxygen atoms in total. The molecular formula is C20H19ClN4S. The van der Waals surface area contributed by atoms with E-state index >= 15 is 0 Å². The second-order valence-corrected chi connectivity index (χ2v) is 7.72. The first-order valence-electron chi connectivity index (χ1n) is 8.53. The van der Waals surface area contributed by atoms with Gasteiger partial charge in [0, 0.05) is 23.0 Å². The van der Waals surface area contributed by atoms with Gasteiger partial charge in [0.25, 0.3) is 0 Å². The number of nitrogens with zero attached hydrogens (tertiary/aromatic N) is 2. The number of anilines is 1. The van der Waals surface area contributed by atoms with E-state index in [2.05, 4.69) is 45.6 Å². The molecule has 0 bridgehead atoms. The van der Waals surface area contributed by atoms with Crippen LogP contribution in [0.5, 0.6) is 0 Å². The zero-order valence-corrected chi connectivity index (χ0v) is 15.9. The summed E-state index contributed by atoms with van der Waals surface area (Å²) in [7, 11) is 0. The van der Waals surface area contributed by atoms with Crippen molar-refractivity contribution >= 4 is 39.0 Å². The summed E-state index contributed by atoms with van der Waals surface area (Å²) in [6, 6.07) is 10.1. The normalized spacial score (nSPS) is 14.7. The van der Waals surface area contributed by atoms with E-state index in [9.17, 15) is 0 Å². The maximum atomic E-state index is 6.27. The molecule has 0 aliphatic heterocycles. The SMILES string of the molecule is C[C@H](N)c1sc2c(NCC3=CC=CC3)nc(Cl)nc2c1-c1ccccc1. The van der Waals surface area contributed by atoms with Gasteiger partial charge >= 0.3 is 0 Å². The number of allylic oxidation sites excluding steroid dienone is 3. The third-order valence-electron chi connectivity index (χ3n) is 4.34. The fourth-order valence-corrected chi connectivity index (χ4v) is 4.46. The smallest absolute Gasteiger partial charge is 0.224 e. The van der Waals surface area contributed by atoms with Gasteiger partial charge in [-0.3, -0.25) is 0 Å². The van der Waals surface area contributed by atoms with Gasteiger partial charge in [-0.1, -0.05) is 48.6 Å². The minimum absolute atomic E-state index is 0.0993. The molecule has 1 atom stereocenters. The molecule has 3 aromatic rings. The molecule has 1 aliphatic carbocycles. The Balaban J connectivity index is 1.84. The molecular weight excluding hydrogens is 364 g/mol. The predicted octanol–water partition coefficient (Wildman–Crippen LogP) is 5.33. The Kier molecular flexibility index (Phi) is 4.76. The van der Waals surface area contributed by atoms with Crippen LogP contribution in [0.1, 0.15) is 24.3 Å². The van der Waals surface area contributed by atoms with Crippen molar-refractivity contribution in [3.63, 3.8) is 0 Å². The molecule has 4 rings (SSSR count). The first kappa shape index (κ1) is 17.2. The molecule has 1 aliphatic rings. The van der Waals surface area contributed by atoms with Crippen molar-refractivity contribution in [1.29, 1.82) is 0 Å². The van der Waals surface area contributed by atoms with Crippen LogP contribution in [0.4, 0.5) is 5.82 Å². The number of fused-ring (bicyclic) bond motifs is 1. The highest BCUT2D eigenvalue weighted by atomic mass is 35.5. The Bertz CT molecular complexity index is 1010. The van der Waals surface area contributed by atoms with Crippen molar-refractivity contribution in [2.24, 2.45) is 5.73 Å². The highest BCUT2D eigenvalue weighted by Gasteiger charge is 2.21. The quantitative estimate of drug-likeness (QED) is 0.585. The summed E-state index contributed by atoms with van der Waals surface area (Å²) in [6.07, 6.45) is 7.32. The summed E-state index contributed by atoms with van der Waals surface area (Å²) in [6.45, 7) is 2.73. The van der Waals surface area contributed by atoms with Crippen LogP contribution in [-0.4, -0.2) is 16.5 Å². The topological polar surface area (TPSA) is 63.8 Å². The zero-order chi connectivity index (χ0) is 18.1. The first-order valence-corrected chi connectivity index (χ1v) is 9.72. The molecule has 0 saturated heterocycles. The summed E-state index contributed by atoms with van der Waals surface area (Å²) < 4.78 is 0.993. The maximum Gasteiger partial charge on any atom is 0.224 e. The Morgan fingerprint density at radius 3 is 2.77 bits per heavy atom. The van der Waals surface area contributed by atoms with Crippen molar-refractivity contribution in [2.75, 3.05) is 11.9 Å². The van der Waals surface area contributed by atoms with E-state index < -0.39 is 0 Å². The average molecular weight is 383 g/mol. The number of hydrogen-bond acceptors (Lipinski definition) is 5. The molecule has 2 aromatic heterocycles. The number of aromatic nitrogens is 2. The largest absolute Gasteiger partial charge is 0.365 e. The number of nitrogens with two attached hydrogens (primary N) is 1. The predicted molar refractivity (Wildman–Crippen MR) is 111 cm³/mol. The number of benzene rings is 1. The molecule has 0 fully saturated rings. The third kappa shape index (κ3) is 3.26. The Morgan fingerprint density at radius 2 is 2.08 bits per heavy atom. The van der Waals surface area contributed by atoms with E-state index in [1.807, 2.05) is 25.1 Å². The summed E-state index contributed by atoms with van der Waals surface area (Å²) in [4.78, 5) is 10.1. The van der Waals surface area contributed by atoms with E-state index in [0.717, 1.165) is 45.0 Å². The van der Waals surface area contributed by atoms with Crippen molar-refractivity contribution < 1.29 is 0 Å². The van der Waals surface area contributed by atoms with Gasteiger partial charge in [-0.15, -0.1) is 11.3 Å². The molecule has 1 aromatic carbocycles. The van der Waals surface area contributed by atoms with Crippen molar-refractivity contribution in [3.05, 3.63) is 64.3 Å². The second kappa shape index (κ2) is 7.19. The van der Waals surface area contributed by atoms with Crippen LogP contribution in [0.25, 0.3) is 21.3 Å². The van der Waals surface area contributed by atoms with Gasteiger partial charge < -0.3 is 11.1 Å². The molecule has 0 saturated carbocycles. The molecule has 0 amide bonds. The number of nitrogens with one attached hydrogen (secondary N) is 1. The number of hydrogen-bond donors (Lipinski definition) is 2. The lowest BCUT2D eigenvalue weighted by Crippen LogP contribution is -2.06. The number of rotatable bonds is 5. The molecule has 3 N–H and O–H groups in total. The highest BCUT2D eigenvalue weighted by molar-refractivity contribution is 7.20. The lowest BCUT2D eigenvalue weighted by atomic mass is 10.0. The molecule has 2 heterocycles. The molecule has 0 spiro atoms. The van der Waals surface area contributed by atoms with Crippen LogP contribution >= 0.6 is 22.9 Å². The van der Waals surface area contributed by atoms with Crippen molar-refractivity contribution in [1.82, 2.24) is 9.97 Å². The van der Waals surface area contributed by atoms with Gasteiger partial charge in [0.2, 0.25) is 5.28 Å². The van der Waals surface area contributed by atoms with Crippen LogP contribution in [0, 0.1) is 0 Å². The Hall–Kier alpha value is -2.21. The highest BCUT2D eigenvalue weighted by Crippen LogP contribution is 2.43. The molecule has 26 heavy (non-hydrogen) atoms. The van der Waals surface area contributed by atoms with Crippen LogP contribution < -0.4 is 11.1 Å². The number of thiophene rings is 1. The fraction of sp³-hybridized carbons (Fsp3) is 0.200. The van der Waals surface area contributed by atoms with Crippen LogP contribution in [0.3, 0.4) is 0 Å². The second-order valence-electron chi connectivity index (χ2n) is 6.33. The summed E-state index contributed by atoms with van der Waals surface area (Å²) in [5, 5.41) is 3.67. The Morgan fingerprint density at radius 1 is 1.27 bits per heavy atom. The zero-order valence-electron chi connectivity index (χ0n) is 14.4. The van der Waals surface area contributed by atoms with Gasteiger partial charge in [-0.25, -0.2) is 4.98 Å². The van der Waals surface area contributed by atoms with Crippen molar-refractivity contribution in [3.8, 4) is 11.1 Å². The standard InChI is InChI=1S/C20H19ClN4S/c1-12(22)17-15(14-9-3-2-4-10-14)16-18(26-17)19(25-20(21)24-16)23-11-13-7-5-6-8-13/h2-7,9-10,12H,8,11,22H2,1H3,(H,23,24,25)/t12-/m0/s1. The lowest BCUT2D eigenvalue weighted by molar-refractivity contribution is 0.840. The Labute approximate surface area is 161 Å². The third-order valence-corrected chi connectivity index (χ3v) is 5.90. The molecule has 132 valence electrons. The minimum atomic E-state index is -0.0993. The van der Waals surface area contributed by atoms with E-state index in [1.165, 1.54) is 5.57 Å². The van der Waals surface area contributed by atoms with Gasteiger partial charge in [0.15, 0.2) is 0 Å². The van der Waals surface area contributed by atoms with Gasteiger partial charge in [0.1, 0.15) is 5.82 Å². The summed E-state index contributed by atoms with van der Waals surface area (Å²) in [5.41, 5.74) is 10.6. The van der Waals surface area contributed by atoms with E-state index in [1.54, 1.807) is 11.3 Å². The summed E-state index contributed by atoms with van der Waals surface area (Å²) in [5.74, 6) is 0.766. The average Bonchev–Trinajstić information content (AvgIpc) is 3.28. The van der Waals surface area contributed by atoms with Gasteiger partial charge in [0.05, 0.1) is 10.2 Å². The molecule has 0 radical (unpaired) electrons. The fourth-order valence-electron chi connectivity index (χ4n) is 3.11. The molecule has 0 unspecified atom stereocenters. The lowest BCUT2D eigenvalue weighted by Gasteiger charge is -2.08.